The lowest BCUT2D eigenvalue weighted by atomic mass is 10.3. The van der Waals surface area contributed by atoms with Crippen LogP contribution in [0.15, 0.2) is 29.9 Å². The third-order valence-corrected chi connectivity index (χ3v) is 3.27. The molecular weight excluding hydrogens is 279 g/mol. The molecule has 3 rings (SSSR count). The molecule has 0 atom stereocenters. The first-order valence-corrected chi connectivity index (χ1v) is 6.00. The Kier molecular flexibility index (Phi) is 2.63. The highest BCUT2D eigenvalue weighted by molar-refractivity contribution is 7.13. The van der Waals surface area contributed by atoms with E-state index in [1.165, 1.54) is 17.7 Å². The fourth-order valence-corrected chi connectivity index (χ4v) is 2.31. The van der Waals surface area contributed by atoms with E-state index in [-0.39, 0.29) is 5.95 Å². The average molecular weight is 285 g/mol. The van der Waals surface area contributed by atoms with E-state index in [4.69, 9.17) is 0 Å². The minimum Gasteiger partial charge on any atom is -0.244 e. The molecule has 0 bridgehead atoms. The number of halogens is 3. The van der Waals surface area contributed by atoms with Crippen LogP contribution >= 0.6 is 11.3 Å². The number of aromatic nitrogens is 5. The van der Waals surface area contributed by atoms with Gasteiger partial charge >= 0.3 is 6.18 Å². The maximum atomic E-state index is 12.7. The summed E-state index contributed by atoms with van der Waals surface area (Å²) >= 11 is 1.32. The van der Waals surface area contributed by atoms with E-state index >= 15 is 0 Å². The topological polar surface area (TPSA) is 59.4 Å². The Balaban J connectivity index is 2.19. The second-order valence-corrected chi connectivity index (χ2v) is 4.56. The summed E-state index contributed by atoms with van der Waals surface area (Å²) in [5, 5.41) is 11.4. The third kappa shape index (κ3) is 2.12. The Morgan fingerprint density at radius 3 is 2.74 bits per heavy atom. The lowest BCUT2D eigenvalue weighted by molar-refractivity contribution is -0.141. The molecule has 98 valence electrons. The zero-order chi connectivity index (χ0) is 13.5. The zero-order valence-corrected chi connectivity index (χ0v) is 10.0. The number of hydrogen-bond acceptors (Lipinski definition) is 4. The van der Waals surface area contributed by atoms with Crippen molar-refractivity contribution >= 4 is 11.3 Å². The van der Waals surface area contributed by atoms with Gasteiger partial charge in [-0.3, -0.25) is 0 Å². The van der Waals surface area contributed by atoms with Crippen LogP contribution in [0.25, 0.3) is 16.5 Å². The molecule has 19 heavy (non-hydrogen) atoms. The molecule has 0 saturated carbocycles. The first kappa shape index (κ1) is 11.9. The number of hydrogen-bond donors (Lipinski definition) is 1. The van der Waals surface area contributed by atoms with Gasteiger partial charge in [0.1, 0.15) is 6.33 Å². The van der Waals surface area contributed by atoms with Crippen LogP contribution in [-0.2, 0) is 6.18 Å². The van der Waals surface area contributed by atoms with Gasteiger partial charge in [0.2, 0.25) is 5.95 Å². The first-order valence-electron chi connectivity index (χ1n) is 5.12. The Labute approximate surface area is 108 Å². The highest BCUT2D eigenvalue weighted by Gasteiger charge is 2.35. The fraction of sp³-hybridized carbons (Fsp3) is 0.100. The summed E-state index contributed by atoms with van der Waals surface area (Å²) in [6, 6.07) is 4.47. The Hall–Kier alpha value is -2.16. The van der Waals surface area contributed by atoms with E-state index in [0.717, 1.165) is 10.7 Å². The van der Waals surface area contributed by atoms with Crippen molar-refractivity contribution in [3.8, 4) is 16.5 Å². The molecule has 9 heteroatoms. The smallest absolute Gasteiger partial charge is 0.244 e. The van der Waals surface area contributed by atoms with Crippen LogP contribution in [0.2, 0.25) is 0 Å². The molecule has 0 aliphatic heterocycles. The van der Waals surface area contributed by atoms with E-state index in [1.807, 2.05) is 0 Å². The van der Waals surface area contributed by atoms with Gasteiger partial charge in [0.15, 0.2) is 5.69 Å². The van der Waals surface area contributed by atoms with Gasteiger partial charge in [-0.1, -0.05) is 6.07 Å². The summed E-state index contributed by atoms with van der Waals surface area (Å²) < 4.78 is 39.3. The molecule has 5 nitrogen and oxygen atoms in total. The van der Waals surface area contributed by atoms with E-state index in [0.29, 0.717) is 10.6 Å². The van der Waals surface area contributed by atoms with Crippen molar-refractivity contribution in [3.05, 3.63) is 35.6 Å². The van der Waals surface area contributed by atoms with E-state index < -0.39 is 11.9 Å². The fourth-order valence-electron chi connectivity index (χ4n) is 1.58. The molecule has 0 aromatic carbocycles. The van der Waals surface area contributed by atoms with Crippen LogP contribution in [0, 0.1) is 0 Å². The van der Waals surface area contributed by atoms with E-state index in [1.54, 1.807) is 17.5 Å². The van der Waals surface area contributed by atoms with E-state index in [9.17, 15) is 13.2 Å². The van der Waals surface area contributed by atoms with Crippen molar-refractivity contribution in [3.63, 3.8) is 0 Å². The van der Waals surface area contributed by atoms with Gasteiger partial charge in [-0.05, 0) is 17.5 Å². The molecule has 0 aliphatic rings. The number of nitrogens with zero attached hydrogens (tertiary/aromatic N) is 4. The molecule has 0 spiro atoms. The SMILES string of the molecule is FC(F)(F)c1cc(-c2cccs2)n(-c2ncn[nH]2)n1. The molecule has 0 radical (unpaired) electrons. The minimum atomic E-state index is -4.50. The van der Waals surface area contributed by atoms with Gasteiger partial charge in [0.05, 0.1) is 10.6 Å². The molecule has 0 unspecified atom stereocenters. The van der Waals surface area contributed by atoms with Crippen molar-refractivity contribution in [2.45, 2.75) is 6.18 Å². The molecule has 1 N–H and O–H groups in total. The van der Waals surface area contributed by atoms with Gasteiger partial charge in [-0.2, -0.15) is 33.0 Å². The number of H-pyrrole nitrogens is 1. The van der Waals surface area contributed by atoms with Crippen molar-refractivity contribution < 1.29 is 13.2 Å². The maximum Gasteiger partial charge on any atom is 0.435 e. The van der Waals surface area contributed by atoms with E-state index in [2.05, 4.69) is 20.3 Å². The summed E-state index contributed by atoms with van der Waals surface area (Å²) in [6.07, 6.45) is -3.29. The maximum absolute atomic E-state index is 12.7. The molecule has 3 heterocycles. The predicted octanol–water partition coefficient (Wildman–Crippen LogP) is 2.74. The highest BCUT2D eigenvalue weighted by Crippen LogP contribution is 2.33. The van der Waals surface area contributed by atoms with Crippen LogP contribution in [0.1, 0.15) is 5.69 Å². The summed E-state index contributed by atoms with van der Waals surface area (Å²) in [7, 11) is 0. The van der Waals surface area contributed by atoms with Gasteiger partial charge in [0, 0.05) is 0 Å². The Morgan fingerprint density at radius 1 is 1.32 bits per heavy atom. The molecule has 0 amide bonds. The molecular formula is C10H6F3N5S. The Morgan fingerprint density at radius 2 is 2.16 bits per heavy atom. The summed E-state index contributed by atoms with van der Waals surface area (Å²) in [6.45, 7) is 0. The first-order chi connectivity index (χ1) is 9.05. The lowest BCUT2D eigenvalue weighted by Gasteiger charge is -2.01. The predicted molar refractivity (Wildman–Crippen MR) is 61.8 cm³/mol. The van der Waals surface area contributed by atoms with Gasteiger partial charge in [-0.15, -0.1) is 11.3 Å². The number of alkyl halides is 3. The lowest BCUT2D eigenvalue weighted by Crippen LogP contribution is -2.08. The monoisotopic (exact) mass is 285 g/mol. The van der Waals surface area contributed by atoms with Crippen molar-refractivity contribution in [2.75, 3.05) is 0 Å². The second-order valence-electron chi connectivity index (χ2n) is 3.61. The quantitative estimate of drug-likeness (QED) is 0.787. The summed E-state index contributed by atoms with van der Waals surface area (Å²) in [4.78, 5) is 4.49. The molecule has 3 aromatic rings. The molecule has 0 aliphatic carbocycles. The molecule has 0 saturated heterocycles. The highest BCUT2D eigenvalue weighted by atomic mass is 32.1. The van der Waals surface area contributed by atoms with Gasteiger partial charge < -0.3 is 0 Å². The standard InChI is InChI=1S/C10H6F3N5S/c11-10(12,13)8-4-6(7-2-1-3-19-7)18(17-8)9-14-5-15-16-9/h1-5H,(H,14,15,16). The average Bonchev–Trinajstić information content (AvgIpc) is 3.09. The van der Waals surface area contributed by atoms with Crippen molar-refractivity contribution in [1.29, 1.82) is 0 Å². The second kappa shape index (κ2) is 4.19. The molecule has 3 aromatic heterocycles. The van der Waals surface area contributed by atoms with Crippen molar-refractivity contribution in [1.82, 2.24) is 25.0 Å². The largest absolute Gasteiger partial charge is 0.435 e. The summed E-state index contributed by atoms with van der Waals surface area (Å²) in [5.41, 5.74) is -0.647. The summed E-state index contributed by atoms with van der Waals surface area (Å²) in [5.74, 6) is 0.138. The number of aromatic amines is 1. The Bertz CT molecular complexity index is 617. The van der Waals surface area contributed by atoms with Gasteiger partial charge in [0.25, 0.3) is 0 Å². The van der Waals surface area contributed by atoms with Crippen LogP contribution in [0.4, 0.5) is 13.2 Å². The number of thiophene rings is 1. The normalized spacial score (nSPS) is 11.9. The van der Waals surface area contributed by atoms with Crippen LogP contribution in [0.3, 0.4) is 0 Å². The minimum absolute atomic E-state index is 0.138. The third-order valence-electron chi connectivity index (χ3n) is 2.38. The molecule has 0 fully saturated rings. The number of nitrogens with one attached hydrogen (secondary N) is 1. The van der Waals surface area contributed by atoms with Crippen molar-refractivity contribution in [2.24, 2.45) is 0 Å². The van der Waals surface area contributed by atoms with Gasteiger partial charge in [-0.25, -0.2) is 5.10 Å². The van der Waals surface area contributed by atoms with Crippen LogP contribution in [0.5, 0.6) is 0 Å². The zero-order valence-electron chi connectivity index (χ0n) is 9.22. The van der Waals surface area contributed by atoms with Crippen LogP contribution in [-0.4, -0.2) is 25.0 Å². The van der Waals surface area contributed by atoms with Crippen LogP contribution < -0.4 is 0 Å². The number of rotatable bonds is 2.